The summed E-state index contributed by atoms with van der Waals surface area (Å²) in [4.78, 5) is 11.4. The second-order valence-corrected chi connectivity index (χ2v) is 6.10. The molecule has 0 saturated heterocycles. The van der Waals surface area contributed by atoms with Crippen LogP contribution in [-0.4, -0.2) is 31.4 Å². The zero-order valence-electron chi connectivity index (χ0n) is 8.79. The van der Waals surface area contributed by atoms with Gasteiger partial charge in [0, 0.05) is 6.26 Å². The van der Waals surface area contributed by atoms with E-state index in [0.29, 0.717) is 0 Å². The summed E-state index contributed by atoms with van der Waals surface area (Å²) in [5, 5.41) is 1.38. The fourth-order valence-electron chi connectivity index (χ4n) is 0.640. The maximum atomic E-state index is 11.4. The monoisotopic (exact) mass is 217 g/mol. The van der Waals surface area contributed by atoms with Gasteiger partial charge in [-0.25, -0.2) is 8.42 Å². The lowest BCUT2D eigenvalue weighted by atomic mass is 10.1. The predicted octanol–water partition coefficient (Wildman–Crippen LogP) is -0.0525. The minimum Gasteiger partial charge on any atom is -0.339 e. The van der Waals surface area contributed by atoms with Gasteiger partial charge in [0.25, 0.3) is 0 Å². The van der Waals surface area contributed by atoms with Crippen LogP contribution in [0.1, 0.15) is 20.8 Å². The van der Waals surface area contributed by atoms with E-state index in [1.165, 1.54) is 6.92 Å². The van der Waals surface area contributed by atoms with Gasteiger partial charge in [-0.05, 0) is 20.8 Å². The number of sulfone groups is 1. The second kappa shape index (κ2) is 4.01. The van der Waals surface area contributed by atoms with Gasteiger partial charge >= 0.3 is 0 Å². The highest BCUT2D eigenvalue weighted by Gasteiger charge is 2.27. The SMILES string of the molecule is C#CC(C)(C)NC(=O)C(C)S(C)(=O)=O. The molecule has 0 saturated carbocycles. The predicted molar refractivity (Wildman–Crippen MR) is 55.4 cm³/mol. The van der Waals surface area contributed by atoms with Crippen molar-refractivity contribution in [3.8, 4) is 12.3 Å². The summed E-state index contributed by atoms with van der Waals surface area (Å²) in [7, 11) is -3.36. The number of hydrogen-bond donors (Lipinski definition) is 1. The van der Waals surface area contributed by atoms with Gasteiger partial charge in [-0.3, -0.25) is 4.79 Å². The van der Waals surface area contributed by atoms with Gasteiger partial charge in [0.05, 0.1) is 5.54 Å². The van der Waals surface area contributed by atoms with Crippen molar-refractivity contribution < 1.29 is 13.2 Å². The topological polar surface area (TPSA) is 63.2 Å². The van der Waals surface area contributed by atoms with E-state index in [1.54, 1.807) is 13.8 Å². The van der Waals surface area contributed by atoms with E-state index in [-0.39, 0.29) is 0 Å². The lowest BCUT2D eigenvalue weighted by Crippen LogP contribution is -2.48. The lowest BCUT2D eigenvalue weighted by molar-refractivity contribution is -0.121. The maximum absolute atomic E-state index is 11.4. The first-order chi connectivity index (χ1) is 6.10. The molecule has 1 N–H and O–H groups in total. The van der Waals surface area contributed by atoms with Crippen molar-refractivity contribution in [1.82, 2.24) is 5.32 Å². The Hall–Kier alpha value is -1.02. The highest BCUT2D eigenvalue weighted by atomic mass is 32.2. The van der Waals surface area contributed by atoms with Crippen LogP contribution >= 0.6 is 0 Å². The fraction of sp³-hybridized carbons (Fsp3) is 0.667. The first-order valence-corrected chi connectivity index (χ1v) is 6.04. The molecule has 0 aromatic heterocycles. The van der Waals surface area contributed by atoms with Crippen LogP contribution < -0.4 is 5.32 Å². The molecule has 0 aliphatic rings. The molecule has 1 unspecified atom stereocenters. The van der Waals surface area contributed by atoms with Crippen LogP contribution in [0.2, 0.25) is 0 Å². The molecule has 0 rings (SSSR count). The molecule has 0 aliphatic carbocycles. The van der Waals surface area contributed by atoms with Gasteiger partial charge in [0.2, 0.25) is 5.91 Å². The van der Waals surface area contributed by atoms with Crippen molar-refractivity contribution in [2.24, 2.45) is 0 Å². The van der Waals surface area contributed by atoms with Crippen molar-refractivity contribution in [1.29, 1.82) is 0 Å². The molecule has 0 aromatic carbocycles. The average molecular weight is 217 g/mol. The summed E-state index contributed by atoms with van der Waals surface area (Å²) in [6.07, 6.45) is 6.16. The molecule has 14 heavy (non-hydrogen) atoms. The van der Waals surface area contributed by atoms with Gasteiger partial charge < -0.3 is 5.32 Å². The van der Waals surface area contributed by atoms with E-state index >= 15 is 0 Å². The number of hydrogen-bond acceptors (Lipinski definition) is 3. The van der Waals surface area contributed by atoms with E-state index in [1.807, 2.05) is 0 Å². The third-order valence-electron chi connectivity index (χ3n) is 1.81. The highest BCUT2D eigenvalue weighted by molar-refractivity contribution is 7.92. The Morgan fingerprint density at radius 3 is 2.21 bits per heavy atom. The lowest BCUT2D eigenvalue weighted by Gasteiger charge is -2.21. The van der Waals surface area contributed by atoms with Gasteiger partial charge in [0.15, 0.2) is 9.84 Å². The van der Waals surface area contributed by atoms with Crippen LogP contribution in [0.25, 0.3) is 0 Å². The molecule has 4 nitrogen and oxygen atoms in total. The van der Waals surface area contributed by atoms with E-state index in [9.17, 15) is 13.2 Å². The molecule has 0 spiro atoms. The Bertz CT molecular complexity index is 362. The van der Waals surface area contributed by atoms with Gasteiger partial charge in [0.1, 0.15) is 5.25 Å². The summed E-state index contributed by atoms with van der Waals surface area (Å²) >= 11 is 0. The molecule has 0 heterocycles. The molecule has 0 aromatic rings. The first kappa shape index (κ1) is 13.0. The van der Waals surface area contributed by atoms with Crippen molar-refractivity contribution >= 4 is 15.7 Å². The van der Waals surface area contributed by atoms with E-state index in [2.05, 4.69) is 11.2 Å². The molecule has 0 radical (unpaired) electrons. The van der Waals surface area contributed by atoms with Crippen molar-refractivity contribution in [2.75, 3.05) is 6.26 Å². The molecular formula is C9H15NO3S. The largest absolute Gasteiger partial charge is 0.339 e. The van der Waals surface area contributed by atoms with Crippen LogP contribution in [0, 0.1) is 12.3 Å². The summed E-state index contributed by atoms with van der Waals surface area (Å²) in [6.45, 7) is 4.58. The van der Waals surface area contributed by atoms with Crippen molar-refractivity contribution in [3.63, 3.8) is 0 Å². The number of terminal acetylenes is 1. The van der Waals surface area contributed by atoms with E-state index < -0.39 is 26.5 Å². The highest BCUT2D eigenvalue weighted by Crippen LogP contribution is 2.03. The van der Waals surface area contributed by atoms with Crippen LogP contribution in [0.5, 0.6) is 0 Å². The van der Waals surface area contributed by atoms with Crippen LogP contribution in [-0.2, 0) is 14.6 Å². The Morgan fingerprint density at radius 1 is 1.50 bits per heavy atom. The average Bonchev–Trinajstić information content (AvgIpc) is 2.00. The van der Waals surface area contributed by atoms with Gasteiger partial charge in [-0.15, -0.1) is 6.42 Å². The molecule has 1 amide bonds. The molecule has 0 aliphatic heterocycles. The summed E-state index contributed by atoms with van der Waals surface area (Å²) < 4.78 is 22.1. The number of carbonyl (C=O) groups is 1. The standard InChI is InChI=1S/C9H15NO3S/c1-6-9(3,4)10-8(11)7(2)14(5,12)13/h1,7H,2-5H3,(H,10,11). The number of amides is 1. The van der Waals surface area contributed by atoms with E-state index in [0.717, 1.165) is 6.26 Å². The minimum atomic E-state index is -3.36. The Morgan fingerprint density at radius 2 is 1.93 bits per heavy atom. The van der Waals surface area contributed by atoms with Crippen molar-refractivity contribution in [3.05, 3.63) is 0 Å². The number of carbonyl (C=O) groups excluding carboxylic acids is 1. The Labute approximate surface area is 85.0 Å². The van der Waals surface area contributed by atoms with Gasteiger partial charge in [-0.2, -0.15) is 0 Å². The van der Waals surface area contributed by atoms with Crippen LogP contribution in [0.15, 0.2) is 0 Å². The Kier molecular flexibility index (Phi) is 3.72. The Balaban J connectivity index is 4.63. The van der Waals surface area contributed by atoms with E-state index in [4.69, 9.17) is 6.42 Å². The third kappa shape index (κ3) is 3.79. The minimum absolute atomic E-state index is 0.574. The maximum Gasteiger partial charge on any atom is 0.239 e. The smallest absolute Gasteiger partial charge is 0.239 e. The van der Waals surface area contributed by atoms with Crippen LogP contribution in [0.4, 0.5) is 0 Å². The third-order valence-corrected chi connectivity index (χ3v) is 3.31. The second-order valence-electron chi connectivity index (χ2n) is 3.73. The molecular weight excluding hydrogens is 202 g/mol. The zero-order valence-corrected chi connectivity index (χ0v) is 9.60. The first-order valence-electron chi connectivity index (χ1n) is 4.09. The zero-order chi connectivity index (χ0) is 11.6. The number of rotatable bonds is 3. The van der Waals surface area contributed by atoms with Crippen molar-refractivity contribution in [2.45, 2.75) is 31.6 Å². The normalized spacial score (nSPS) is 14.2. The summed E-state index contributed by atoms with van der Waals surface area (Å²) in [5.74, 6) is 1.78. The summed E-state index contributed by atoms with van der Waals surface area (Å²) in [6, 6.07) is 0. The molecule has 0 bridgehead atoms. The summed E-state index contributed by atoms with van der Waals surface area (Å²) in [5.41, 5.74) is -0.823. The number of nitrogens with one attached hydrogen (secondary N) is 1. The van der Waals surface area contributed by atoms with Gasteiger partial charge in [-0.1, -0.05) is 5.92 Å². The molecule has 1 atom stereocenters. The molecule has 80 valence electrons. The quantitative estimate of drug-likeness (QED) is 0.674. The fourth-order valence-corrected chi connectivity index (χ4v) is 1.09. The molecule has 0 fully saturated rings. The van der Waals surface area contributed by atoms with Crippen LogP contribution in [0.3, 0.4) is 0 Å². The molecule has 5 heteroatoms.